The molecule has 1 aromatic heterocycles. The number of amides is 1. The number of rotatable bonds is 3. The average Bonchev–Trinajstić information content (AvgIpc) is 3.22. The standard InChI is InChI=1S/C18H20N4OS/c1-21-16(23)14-11-22(10-13-6-3-2-4-7-13)12-18(14,20-17(21)19)15-8-5-9-24-15/h2-9,14H,10-12H2,1H3,(H2,19,20). The smallest absolute Gasteiger partial charge is 0.236 e. The Morgan fingerprint density at radius 3 is 2.79 bits per heavy atom. The van der Waals surface area contributed by atoms with Crippen molar-refractivity contribution in [2.45, 2.75) is 12.1 Å². The lowest BCUT2D eigenvalue weighted by atomic mass is 9.84. The molecule has 2 aromatic rings. The Bertz CT molecular complexity index is 774. The van der Waals surface area contributed by atoms with Crippen molar-refractivity contribution in [3.63, 3.8) is 0 Å². The minimum Gasteiger partial charge on any atom is -0.369 e. The summed E-state index contributed by atoms with van der Waals surface area (Å²) in [5.41, 5.74) is 6.76. The van der Waals surface area contributed by atoms with Gasteiger partial charge in [-0.1, -0.05) is 36.4 Å². The first-order chi connectivity index (χ1) is 11.6. The first-order valence-corrected chi connectivity index (χ1v) is 8.91. The van der Waals surface area contributed by atoms with Gasteiger partial charge < -0.3 is 5.73 Å². The van der Waals surface area contributed by atoms with Gasteiger partial charge in [0.05, 0.1) is 5.92 Å². The van der Waals surface area contributed by atoms with Crippen LogP contribution >= 0.6 is 11.3 Å². The highest BCUT2D eigenvalue weighted by atomic mass is 32.1. The fourth-order valence-electron chi connectivity index (χ4n) is 3.74. The third kappa shape index (κ3) is 2.34. The van der Waals surface area contributed by atoms with Gasteiger partial charge >= 0.3 is 0 Å². The molecule has 1 saturated heterocycles. The summed E-state index contributed by atoms with van der Waals surface area (Å²) in [7, 11) is 1.71. The molecule has 0 spiro atoms. The van der Waals surface area contributed by atoms with E-state index in [9.17, 15) is 4.79 Å². The monoisotopic (exact) mass is 340 g/mol. The molecule has 2 unspecified atom stereocenters. The molecular formula is C18H20N4OS. The van der Waals surface area contributed by atoms with Crippen molar-refractivity contribution in [3.8, 4) is 0 Å². The second-order valence-corrected chi connectivity index (χ2v) is 7.42. The summed E-state index contributed by atoms with van der Waals surface area (Å²) in [5.74, 6) is 0.190. The lowest BCUT2D eigenvalue weighted by molar-refractivity contribution is -0.132. The van der Waals surface area contributed by atoms with E-state index in [4.69, 9.17) is 10.7 Å². The van der Waals surface area contributed by atoms with Gasteiger partial charge in [0.2, 0.25) is 5.91 Å². The van der Waals surface area contributed by atoms with Gasteiger partial charge in [-0.05, 0) is 17.0 Å². The number of nitrogens with two attached hydrogens (primary N) is 1. The predicted octanol–water partition coefficient (Wildman–Crippen LogP) is 1.86. The molecule has 2 aliphatic rings. The van der Waals surface area contributed by atoms with Crippen LogP contribution in [0, 0.1) is 5.92 Å². The summed E-state index contributed by atoms with van der Waals surface area (Å²) in [6.45, 7) is 2.23. The molecule has 1 aromatic carbocycles. The quantitative estimate of drug-likeness (QED) is 0.928. The van der Waals surface area contributed by atoms with Crippen molar-refractivity contribution in [1.82, 2.24) is 9.80 Å². The molecule has 0 saturated carbocycles. The Morgan fingerprint density at radius 1 is 1.29 bits per heavy atom. The number of hydrogen-bond acceptors (Lipinski definition) is 5. The number of guanidine groups is 1. The zero-order chi connectivity index (χ0) is 16.7. The molecule has 2 aliphatic heterocycles. The Balaban J connectivity index is 1.71. The number of benzene rings is 1. The van der Waals surface area contributed by atoms with E-state index in [2.05, 4.69) is 23.1 Å². The van der Waals surface area contributed by atoms with Crippen LogP contribution in [0.3, 0.4) is 0 Å². The maximum Gasteiger partial charge on any atom is 0.236 e. The van der Waals surface area contributed by atoms with Crippen LogP contribution in [-0.2, 0) is 16.9 Å². The molecule has 2 atom stereocenters. The number of likely N-dealkylation sites (tertiary alicyclic amines) is 1. The number of fused-ring (bicyclic) bond motifs is 1. The van der Waals surface area contributed by atoms with Gasteiger partial charge in [0.1, 0.15) is 5.54 Å². The first-order valence-electron chi connectivity index (χ1n) is 8.03. The van der Waals surface area contributed by atoms with Crippen molar-refractivity contribution in [2.75, 3.05) is 20.1 Å². The zero-order valence-corrected chi connectivity index (χ0v) is 14.4. The van der Waals surface area contributed by atoms with Crippen molar-refractivity contribution >= 4 is 23.2 Å². The van der Waals surface area contributed by atoms with E-state index in [1.54, 1.807) is 18.4 Å². The molecule has 0 bridgehead atoms. The van der Waals surface area contributed by atoms with Gasteiger partial charge in [0.15, 0.2) is 5.96 Å². The molecule has 3 heterocycles. The van der Waals surface area contributed by atoms with Crippen molar-refractivity contribution in [3.05, 3.63) is 58.3 Å². The van der Waals surface area contributed by atoms with Crippen LogP contribution < -0.4 is 5.73 Å². The van der Waals surface area contributed by atoms with Gasteiger partial charge in [0, 0.05) is 31.6 Å². The van der Waals surface area contributed by atoms with Crippen LogP contribution in [-0.4, -0.2) is 41.8 Å². The molecule has 6 heteroatoms. The third-order valence-corrected chi connectivity index (χ3v) is 6.00. The summed E-state index contributed by atoms with van der Waals surface area (Å²) in [6.07, 6.45) is 0. The Kier molecular flexibility index (Phi) is 3.66. The molecule has 0 aliphatic carbocycles. The van der Waals surface area contributed by atoms with E-state index < -0.39 is 5.54 Å². The Labute approximate surface area is 145 Å². The van der Waals surface area contributed by atoms with Crippen LogP contribution in [0.25, 0.3) is 0 Å². The molecule has 2 N–H and O–H groups in total. The first kappa shape index (κ1) is 15.4. The summed E-state index contributed by atoms with van der Waals surface area (Å²) < 4.78 is 0. The van der Waals surface area contributed by atoms with E-state index in [0.717, 1.165) is 11.4 Å². The van der Waals surface area contributed by atoms with E-state index >= 15 is 0 Å². The van der Waals surface area contributed by atoms with Crippen LogP contribution in [0.1, 0.15) is 10.4 Å². The van der Waals surface area contributed by atoms with Gasteiger partial charge in [0.25, 0.3) is 0 Å². The molecule has 124 valence electrons. The van der Waals surface area contributed by atoms with Crippen LogP contribution in [0.15, 0.2) is 52.8 Å². The highest BCUT2D eigenvalue weighted by molar-refractivity contribution is 7.10. The van der Waals surface area contributed by atoms with Crippen LogP contribution in [0.5, 0.6) is 0 Å². The topological polar surface area (TPSA) is 61.9 Å². The second-order valence-electron chi connectivity index (χ2n) is 6.48. The minimum atomic E-state index is -0.545. The average molecular weight is 340 g/mol. The lowest BCUT2D eigenvalue weighted by Crippen LogP contribution is -2.54. The SMILES string of the molecule is CN1C(=O)C2CN(Cc3ccccc3)CC2(c2cccs2)N=C1N. The van der Waals surface area contributed by atoms with Crippen molar-refractivity contribution in [1.29, 1.82) is 0 Å². The summed E-state index contributed by atoms with van der Waals surface area (Å²) in [5, 5.41) is 2.04. The largest absolute Gasteiger partial charge is 0.369 e. The molecule has 0 radical (unpaired) electrons. The van der Waals surface area contributed by atoms with Crippen LogP contribution in [0.2, 0.25) is 0 Å². The Hall–Kier alpha value is -2.18. The molecule has 1 fully saturated rings. The minimum absolute atomic E-state index is 0.0615. The Morgan fingerprint density at radius 2 is 2.08 bits per heavy atom. The molecule has 4 rings (SSSR count). The van der Waals surface area contributed by atoms with E-state index in [1.807, 2.05) is 29.6 Å². The number of hydrogen-bond donors (Lipinski definition) is 1. The highest BCUT2D eigenvalue weighted by Crippen LogP contribution is 2.45. The maximum atomic E-state index is 12.9. The fourth-order valence-corrected chi connectivity index (χ4v) is 4.66. The van der Waals surface area contributed by atoms with Gasteiger partial charge in [-0.25, -0.2) is 4.99 Å². The van der Waals surface area contributed by atoms with Gasteiger partial charge in [-0.2, -0.15) is 0 Å². The molecule has 1 amide bonds. The number of nitrogens with zero attached hydrogens (tertiary/aromatic N) is 3. The fraction of sp³-hybridized carbons (Fsp3) is 0.333. The predicted molar refractivity (Wildman–Crippen MR) is 95.6 cm³/mol. The normalized spacial score (nSPS) is 27.2. The number of carbonyl (C=O) groups excluding carboxylic acids is 1. The summed E-state index contributed by atoms with van der Waals surface area (Å²) in [6, 6.07) is 14.4. The maximum absolute atomic E-state index is 12.9. The second kappa shape index (κ2) is 5.72. The molecular weight excluding hydrogens is 320 g/mol. The zero-order valence-electron chi connectivity index (χ0n) is 13.6. The number of carbonyl (C=O) groups is 1. The van der Waals surface area contributed by atoms with Crippen molar-refractivity contribution < 1.29 is 4.79 Å². The highest BCUT2D eigenvalue weighted by Gasteiger charge is 2.55. The lowest BCUT2D eigenvalue weighted by Gasteiger charge is -2.37. The number of thiophene rings is 1. The van der Waals surface area contributed by atoms with E-state index in [-0.39, 0.29) is 11.8 Å². The van der Waals surface area contributed by atoms with Crippen LogP contribution in [0.4, 0.5) is 0 Å². The number of aliphatic imine (C=N–C) groups is 1. The third-order valence-electron chi connectivity index (χ3n) is 4.97. The van der Waals surface area contributed by atoms with Gasteiger partial charge in [-0.3, -0.25) is 14.6 Å². The van der Waals surface area contributed by atoms with E-state index in [0.29, 0.717) is 19.0 Å². The van der Waals surface area contributed by atoms with Crippen molar-refractivity contribution in [2.24, 2.45) is 16.6 Å². The molecule has 24 heavy (non-hydrogen) atoms. The van der Waals surface area contributed by atoms with E-state index in [1.165, 1.54) is 10.5 Å². The molecule has 5 nitrogen and oxygen atoms in total. The summed E-state index contributed by atoms with van der Waals surface area (Å²) >= 11 is 1.65. The summed E-state index contributed by atoms with van der Waals surface area (Å²) in [4.78, 5) is 22.6. The van der Waals surface area contributed by atoms with Gasteiger partial charge in [-0.15, -0.1) is 11.3 Å².